The monoisotopic (exact) mass is 656 g/mol. The van der Waals surface area contributed by atoms with Crippen molar-refractivity contribution in [2.75, 3.05) is 9.80 Å². The SMILES string of the molecule is O=C1[C@@H]2[C@H](C(=O)N1c1ccccc1Oc1c(F)c(F)c(Oc3ccccc3N3C(=O)[C@@H]4[C@H](C3=O)[C@H]3C=C[C@H]4C3)c(F)c1F)[C@@H]1C=C[C@H]2C1. The van der Waals surface area contributed by atoms with Gasteiger partial charge >= 0.3 is 0 Å². The van der Waals surface area contributed by atoms with Crippen molar-refractivity contribution >= 4 is 35.0 Å². The molecule has 9 rings (SSSR count). The summed E-state index contributed by atoms with van der Waals surface area (Å²) in [7, 11) is 0. The minimum Gasteiger partial charge on any atom is -0.449 e. The number of halogens is 4. The highest BCUT2D eigenvalue weighted by Gasteiger charge is 2.61. The second-order valence-corrected chi connectivity index (χ2v) is 13.1. The molecular weight excluding hydrogens is 632 g/mol. The molecule has 0 radical (unpaired) electrons. The normalized spacial score (nSPS) is 30.7. The standard InChI is InChI=1S/C36H24F4N2O6/c37-27-29(39)32(48-22-8-4-2-6-20(22)42-35(45)25-17-11-12-18(14-17)26(25)36(42)46)30(40)28(38)31(27)47-21-7-3-1-5-19(21)41-33(43)23-15-9-10-16(13-15)24(23)34(41)44/h1-12,15-18,23-26H,13-14H2/t15-,16-,17-,18+,23-,24+,25-,26+/m0/s1. The van der Waals surface area contributed by atoms with Crippen LogP contribution in [0.3, 0.4) is 0 Å². The maximum Gasteiger partial charge on any atom is 0.238 e. The first kappa shape index (κ1) is 28.9. The predicted molar refractivity (Wildman–Crippen MR) is 160 cm³/mol. The number of ether oxygens (including phenoxy) is 2. The zero-order valence-electron chi connectivity index (χ0n) is 24.8. The van der Waals surface area contributed by atoms with Gasteiger partial charge in [-0.25, -0.2) is 9.80 Å². The van der Waals surface area contributed by atoms with E-state index in [-0.39, 0.29) is 46.5 Å². The first-order valence-corrected chi connectivity index (χ1v) is 15.7. The van der Waals surface area contributed by atoms with Crippen molar-refractivity contribution in [1.29, 1.82) is 0 Å². The Hall–Kier alpha value is -5.26. The van der Waals surface area contributed by atoms with Gasteiger partial charge in [-0.05, 0) is 60.8 Å². The smallest absolute Gasteiger partial charge is 0.238 e. The third kappa shape index (κ3) is 3.76. The number of allylic oxidation sites excluding steroid dienone is 4. The third-order valence-electron chi connectivity index (χ3n) is 10.8. The maximum absolute atomic E-state index is 15.6. The summed E-state index contributed by atoms with van der Waals surface area (Å²) in [5.74, 6) is -16.1. The van der Waals surface area contributed by atoms with Gasteiger partial charge in [0, 0.05) is 0 Å². The highest BCUT2D eigenvalue weighted by Crippen LogP contribution is 2.56. The molecule has 8 atom stereocenters. The summed E-state index contributed by atoms with van der Waals surface area (Å²) in [5.41, 5.74) is -0.243. The Kier molecular flexibility index (Phi) is 6.10. The number of benzene rings is 3. The Morgan fingerprint density at radius 1 is 0.479 bits per heavy atom. The molecule has 3 aromatic rings. The average molecular weight is 657 g/mol. The molecule has 12 heteroatoms. The van der Waals surface area contributed by atoms with Crippen molar-refractivity contribution in [3.63, 3.8) is 0 Å². The van der Waals surface area contributed by atoms with Crippen molar-refractivity contribution in [3.05, 3.63) is 96.1 Å². The highest BCUT2D eigenvalue weighted by molar-refractivity contribution is 6.24. The summed E-state index contributed by atoms with van der Waals surface area (Å²) < 4.78 is 73.0. The van der Waals surface area contributed by atoms with Crippen LogP contribution in [0, 0.1) is 70.6 Å². The minimum atomic E-state index is -1.94. The number of amides is 4. The zero-order chi connectivity index (χ0) is 33.2. The first-order valence-electron chi connectivity index (χ1n) is 15.7. The van der Waals surface area contributed by atoms with E-state index in [1.165, 1.54) is 48.5 Å². The van der Waals surface area contributed by atoms with Crippen molar-refractivity contribution in [2.45, 2.75) is 12.8 Å². The average Bonchev–Trinajstić information content (AvgIpc) is 3.94. The van der Waals surface area contributed by atoms with Crippen LogP contribution in [-0.2, 0) is 19.2 Å². The number of nitrogens with zero attached hydrogens (tertiary/aromatic N) is 2. The molecule has 2 heterocycles. The lowest BCUT2D eigenvalue weighted by Gasteiger charge is -2.22. The molecule has 8 nitrogen and oxygen atoms in total. The van der Waals surface area contributed by atoms with E-state index in [9.17, 15) is 19.2 Å². The molecule has 4 aliphatic carbocycles. The van der Waals surface area contributed by atoms with Gasteiger partial charge in [0.05, 0.1) is 35.0 Å². The summed E-state index contributed by atoms with van der Waals surface area (Å²) in [4.78, 5) is 55.4. The molecule has 2 aliphatic heterocycles. The fourth-order valence-electron chi connectivity index (χ4n) is 8.73. The van der Waals surface area contributed by atoms with Gasteiger partial charge in [-0.1, -0.05) is 48.6 Å². The van der Waals surface area contributed by atoms with Crippen LogP contribution in [0.4, 0.5) is 28.9 Å². The quantitative estimate of drug-likeness (QED) is 0.131. The molecule has 4 fully saturated rings. The summed E-state index contributed by atoms with van der Waals surface area (Å²) >= 11 is 0. The van der Waals surface area contributed by atoms with Crippen LogP contribution >= 0.6 is 0 Å². The van der Waals surface area contributed by atoms with Gasteiger partial charge in [-0.2, -0.15) is 17.6 Å². The predicted octanol–water partition coefficient (Wildman–Crippen LogP) is 6.45. The molecule has 3 aromatic carbocycles. The number of carbonyl (C=O) groups is 4. The van der Waals surface area contributed by atoms with E-state index in [1.807, 2.05) is 24.3 Å². The van der Waals surface area contributed by atoms with E-state index in [1.54, 1.807) is 0 Å². The zero-order valence-corrected chi connectivity index (χ0v) is 24.8. The first-order chi connectivity index (χ1) is 23.2. The van der Waals surface area contributed by atoms with Crippen LogP contribution in [0.1, 0.15) is 12.8 Å². The van der Waals surface area contributed by atoms with Gasteiger partial charge in [0.2, 0.25) is 58.4 Å². The largest absolute Gasteiger partial charge is 0.449 e. The molecule has 0 aromatic heterocycles. The Morgan fingerprint density at radius 3 is 1.08 bits per heavy atom. The number of hydrogen-bond acceptors (Lipinski definition) is 6. The molecule has 6 aliphatic rings. The number of fused-ring (bicyclic) bond motifs is 10. The molecule has 4 bridgehead atoms. The van der Waals surface area contributed by atoms with Gasteiger partial charge in [0.1, 0.15) is 0 Å². The number of carbonyl (C=O) groups excluding carboxylic acids is 4. The Bertz CT molecular complexity index is 1830. The molecule has 2 saturated heterocycles. The lowest BCUT2D eigenvalue weighted by Crippen LogP contribution is -2.33. The van der Waals surface area contributed by atoms with Gasteiger partial charge in [0.15, 0.2) is 11.5 Å². The summed E-state index contributed by atoms with van der Waals surface area (Å²) in [6, 6.07) is 10.9. The third-order valence-corrected chi connectivity index (χ3v) is 10.8. The number of anilines is 2. The number of para-hydroxylation sites is 4. The van der Waals surface area contributed by atoms with Crippen LogP contribution < -0.4 is 19.3 Å². The van der Waals surface area contributed by atoms with Crippen molar-refractivity contribution in [2.24, 2.45) is 47.3 Å². The molecule has 242 valence electrons. The molecule has 2 saturated carbocycles. The van der Waals surface area contributed by atoms with Crippen LogP contribution in [0.2, 0.25) is 0 Å². The fraction of sp³-hybridized carbons (Fsp3) is 0.278. The van der Waals surface area contributed by atoms with Crippen LogP contribution in [-0.4, -0.2) is 23.6 Å². The van der Waals surface area contributed by atoms with Gasteiger partial charge < -0.3 is 9.47 Å². The van der Waals surface area contributed by atoms with Crippen LogP contribution in [0.25, 0.3) is 0 Å². The molecule has 48 heavy (non-hydrogen) atoms. The van der Waals surface area contributed by atoms with E-state index < -0.39 is 82.1 Å². The number of rotatable bonds is 6. The molecule has 0 N–H and O–H groups in total. The van der Waals surface area contributed by atoms with E-state index in [4.69, 9.17) is 9.47 Å². The lowest BCUT2D eigenvalue weighted by atomic mass is 9.85. The number of hydrogen-bond donors (Lipinski definition) is 0. The summed E-state index contributed by atoms with van der Waals surface area (Å²) in [6.45, 7) is 0. The second-order valence-electron chi connectivity index (χ2n) is 13.1. The Balaban J connectivity index is 1.03. The maximum atomic E-state index is 15.6. The summed E-state index contributed by atoms with van der Waals surface area (Å²) in [5, 5.41) is 0. The second kappa shape index (κ2) is 10.1. The van der Waals surface area contributed by atoms with E-state index >= 15 is 17.6 Å². The highest BCUT2D eigenvalue weighted by atomic mass is 19.2. The van der Waals surface area contributed by atoms with Crippen molar-refractivity contribution < 1.29 is 46.2 Å². The number of imide groups is 2. The van der Waals surface area contributed by atoms with Crippen molar-refractivity contribution in [3.8, 4) is 23.0 Å². The van der Waals surface area contributed by atoms with Crippen LogP contribution in [0.5, 0.6) is 23.0 Å². The van der Waals surface area contributed by atoms with Crippen molar-refractivity contribution in [1.82, 2.24) is 0 Å². The molecule has 0 unspecified atom stereocenters. The Morgan fingerprint density at radius 2 is 0.771 bits per heavy atom. The van der Waals surface area contributed by atoms with E-state index in [0.29, 0.717) is 12.8 Å². The lowest BCUT2D eigenvalue weighted by molar-refractivity contribution is -0.124. The molecule has 0 spiro atoms. The van der Waals surface area contributed by atoms with Gasteiger partial charge in [0.25, 0.3) is 0 Å². The minimum absolute atomic E-state index is 0.0984. The Labute approximate surface area is 270 Å². The van der Waals surface area contributed by atoms with Gasteiger partial charge in [-0.3, -0.25) is 19.2 Å². The van der Waals surface area contributed by atoms with E-state index in [0.717, 1.165) is 9.80 Å². The molecular formula is C36H24F4N2O6. The van der Waals surface area contributed by atoms with Gasteiger partial charge in [-0.15, -0.1) is 0 Å². The molecule has 4 amide bonds. The topological polar surface area (TPSA) is 93.2 Å². The fourth-order valence-corrected chi connectivity index (χ4v) is 8.73. The van der Waals surface area contributed by atoms with Crippen LogP contribution in [0.15, 0.2) is 72.8 Å². The van der Waals surface area contributed by atoms with E-state index in [2.05, 4.69) is 0 Å². The summed E-state index contributed by atoms with van der Waals surface area (Å²) in [6.07, 6.45) is 9.03.